The fourth-order valence-electron chi connectivity index (χ4n) is 2.93. The molecule has 1 aliphatic heterocycles. The molecule has 0 saturated carbocycles. The van der Waals surface area contributed by atoms with Gasteiger partial charge in [-0.1, -0.05) is 6.07 Å². The molecule has 0 spiro atoms. The summed E-state index contributed by atoms with van der Waals surface area (Å²) in [7, 11) is 1.30. The van der Waals surface area contributed by atoms with Gasteiger partial charge in [-0.3, -0.25) is 9.59 Å². The van der Waals surface area contributed by atoms with E-state index < -0.39 is 11.9 Å². The lowest BCUT2D eigenvalue weighted by molar-refractivity contribution is -0.122. The van der Waals surface area contributed by atoms with Gasteiger partial charge >= 0.3 is 5.97 Å². The zero-order valence-electron chi connectivity index (χ0n) is 14.6. The summed E-state index contributed by atoms with van der Waals surface area (Å²) in [5, 5.41) is 11.8. The van der Waals surface area contributed by atoms with E-state index in [1.807, 2.05) is 6.07 Å². The molecular weight excluding hydrogens is 346 g/mol. The van der Waals surface area contributed by atoms with Gasteiger partial charge in [-0.05, 0) is 42.5 Å². The first-order valence-electron chi connectivity index (χ1n) is 8.31. The molecule has 1 atom stereocenters. The van der Waals surface area contributed by atoms with E-state index in [2.05, 4.69) is 10.1 Å². The van der Waals surface area contributed by atoms with Crippen molar-refractivity contribution in [1.82, 2.24) is 0 Å². The standard InChI is InChI=1S/C20H17N3O4/c1-27-20(26)14-5-7-16(8-6-14)22-19(25)15-10-18(24)23(12-15)17-4-2-3-13(9-17)11-21/h2-9,15H,10,12H2,1H3,(H,22,25). The molecule has 2 amide bonds. The Morgan fingerprint density at radius 2 is 1.96 bits per heavy atom. The van der Waals surface area contributed by atoms with Crippen LogP contribution in [0.25, 0.3) is 0 Å². The second-order valence-electron chi connectivity index (χ2n) is 6.13. The second kappa shape index (κ2) is 7.70. The Labute approximate surface area is 156 Å². The molecule has 1 unspecified atom stereocenters. The summed E-state index contributed by atoms with van der Waals surface area (Å²) in [5.41, 5.74) is 1.98. The lowest BCUT2D eigenvalue weighted by atomic mass is 10.1. The van der Waals surface area contributed by atoms with E-state index in [-0.39, 0.29) is 24.8 Å². The zero-order chi connectivity index (χ0) is 19.4. The second-order valence-corrected chi connectivity index (χ2v) is 6.13. The Hall–Kier alpha value is -3.66. The van der Waals surface area contributed by atoms with E-state index in [0.29, 0.717) is 22.5 Å². The monoisotopic (exact) mass is 363 g/mol. The summed E-state index contributed by atoms with van der Waals surface area (Å²) in [6.07, 6.45) is 0.100. The number of anilines is 2. The number of carbonyl (C=O) groups is 3. The van der Waals surface area contributed by atoms with Crippen LogP contribution in [0.3, 0.4) is 0 Å². The minimum Gasteiger partial charge on any atom is -0.465 e. The molecule has 136 valence electrons. The minimum absolute atomic E-state index is 0.100. The predicted octanol–water partition coefficient (Wildman–Crippen LogP) is 2.34. The molecular formula is C20H17N3O4. The molecule has 2 aromatic carbocycles. The minimum atomic E-state index is -0.497. The summed E-state index contributed by atoms with van der Waals surface area (Å²) >= 11 is 0. The van der Waals surface area contributed by atoms with Gasteiger partial charge < -0.3 is 15.0 Å². The number of rotatable bonds is 4. The number of esters is 1. The van der Waals surface area contributed by atoms with Crippen molar-refractivity contribution in [3.8, 4) is 6.07 Å². The molecule has 0 bridgehead atoms. The normalized spacial score (nSPS) is 15.9. The number of carbonyl (C=O) groups excluding carboxylic acids is 3. The van der Waals surface area contributed by atoms with Gasteiger partial charge in [-0.2, -0.15) is 5.26 Å². The lowest BCUT2D eigenvalue weighted by Gasteiger charge is -2.17. The van der Waals surface area contributed by atoms with E-state index >= 15 is 0 Å². The maximum absolute atomic E-state index is 12.5. The van der Waals surface area contributed by atoms with Crippen LogP contribution in [0.4, 0.5) is 11.4 Å². The highest BCUT2D eigenvalue weighted by Crippen LogP contribution is 2.26. The van der Waals surface area contributed by atoms with Gasteiger partial charge in [0.2, 0.25) is 11.8 Å². The smallest absolute Gasteiger partial charge is 0.337 e. The highest BCUT2D eigenvalue weighted by molar-refractivity contribution is 6.03. The molecule has 1 aliphatic rings. The Morgan fingerprint density at radius 3 is 2.63 bits per heavy atom. The van der Waals surface area contributed by atoms with Gasteiger partial charge in [0, 0.05) is 24.3 Å². The first-order chi connectivity index (χ1) is 13.0. The average molecular weight is 363 g/mol. The van der Waals surface area contributed by atoms with Crippen LogP contribution < -0.4 is 10.2 Å². The van der Waals surface area contributed by atoms with Crippen molar-refractivity contribution >= 4 is 29.2 Å². The molecule has 1 N–H and O–H groups in total. The van der Waals surface area contributed by atoms with Crippen molar-refractivity contribution in [1.29, 1.82) is 5.26 Å². The summed E-state index contributed by atoms with van der Waals surface area (Å²) < 4.78 is 4.63. The third-order valence-electron chi connectivity index (χ3n) is 4.36. The van der Waals surface area contributed by atoms with Gasteiger partial charge in [0.25, 0.3) is 0 Å². The fraction of sp³-hybridized carbons (Fsp3) is 0.200. The number of amides is 2. The zero-order valence-corrected chi connectivity index (χ0v) is 14.6. The van der Waals surface area contributed by atoms with Crippen molar-refractivity contribution in [3.63, 3.8) is 0 Å². The third kappa shape index (κ3) is 3.96. The number of hydrogen-bond donors (Lipinski definition) is 1. The van der Waals surface area contributed by atoms with E-state index in [9.17, 15) is 14.4 Å². The quantitative estimate of drug-likeness (QED) is 0.841. The topological polar surface area (TPSA) is 99.5 Å². The summed E-state index contributed by atoms with van der Waals surface area (Å²) in [5.74, 6) is -1.38. The molecule has 7 heteroatoms. The first kappa shape index (κ1) is 18.1. The predicted molar refractivity (Wildman–Crippen MR) is 98.0 cm³/mol. The summed E-state index contributed by atoms with van der Waals surface area (Å²) in [6.45, 7) is 0.250. The number of ether oxygens (including phenoxy) is 1. The number of nitrogens with zero attached hydrogens (tertiary/aromatic N) is 2. The molecule has 0 aromatic heterocycles. The van der Waals surface area contributed by atoms with Crippen LogP contribution >= 0.6 is 0 Å². The highest BCUT2D eigenvalue weighted by atomic mass is 16.5. The van der Waals surface area contributed by atoms with Crippen molar-refractivity contribution in [2.75, 3.05) is 23.9 Å². The van der Waals surface area contributed by atoms with Gasteiger partial charge in [0.05, 0.1) is 30.2 Å². The summed E-state index contributed by atoms with van der Waals surface area (Å²) in [6, 6.07) is 15.1. The molecule has 1 saturated heterocycles. The molecule has 2 aromatic rings. The van der Waals surface area contributed by atoms with Crippen LogP contribution in [0.2, 0.25) is 0 Å². The van der Waals surface area contributed by atoms with E-state index in [0.717, 1.165) is 0 Å². The van der Waals surface area contributed by atoms with E-state index in [4.69, 9.17) is 5.26 Å². The first-order valence-corrected chi connectivity index (χ1v) is 8.31. The molecule has 1 heterocycles. The van der Waals surface area contributed by atoms with Crippen LogP contribution in [0, 0.1) is 17.2 Å². The van der Waals surface area contributed by atoms with Gasteiger partial charge in [-0.15, -0.1) is 0 Å². The maximum Gasteiger partial charge on any atom is 0.337 e. The number of hydrogen-bond acceptors (Lipinski definition) is 5. The fourth-order valence-corrected chi connectivity index (χ4v) is 2.93. The van der Waals surface area contributed by atoms with Crippen molar-refractivity contribution in [2.24, 2.45) is 5.92 Å². The van der Waals surface area contributed by atoms with Crippen molar-refractivity contribution < 1.29 is 19.1 Å². The molecule has 3 rings (SSSR count). The molecule has 7 nitrogen and oxygen atoms in total. The average Bonchev–Trinajstić information content (AvgIpc) is 3.10. The SMILES string of the molecule is COC(=O)c1ccc(NC(=O)C2CC(=O)N(c3cccc(C#N)c3)C2)cc1. The van der Waals surface area contributed by atoms with Crippen LogP contribution in [0.5, 0.6) is 0 Å². The van der Waals surface area contributed by atoms with Crippen LogP contribution in [-0.4, -0.2) is 31.4 Å². The van der Waals surface area contributed by atoms with Gasteiger partial charge in [0.15, 0.2) is 0 Å². The number of nitrogens with one attached hydrogen (secondary N) is 1. The highest BCUT2D eigenvalue weighted by Gasteiger charge is 2.35. The largest absolute Gasteiger partial charge is 0.465 e. The van der Waals surface area contributed by atoms with Crippen LogP contribution in [0.15, 0.2) is 48.5 Å². The van der Waals surface area contributed by atoms with Crippen molar-refractivity contribution in [3.05, 3.63) is 59.7 Å². The molecule has 27 heavy (non-hydrogen) atoms. The Morgan fingerprint density at radius 1 is 1.22 bits per heavy atom. The van der Waals surface area contributed by atoms with E-state index in [1.165, 1.54) is 12.0 Å². The molecule has 1 fully saturated rings. The summed E-state index contributed by atoms with van der Waals surface area (Å²) in [4.78, 5) is 37.8. The number of benzene rings is 2. The Bertz CT molecular complexity index is 931. The Balaban J connectivity index is 1.67. The Kier molecular flexibility index (Phi) is 5.18. The number of methoxy groups -OCH3 is 1. The van der Waals surface area contributed by atoms with E-state index in [1.54, 1.807) is 48.5 Å². The van der Waals surface area contributed by atoms with Gasteiger partial charge in [-0.25, -0.2) is 4.79 Å². The molecule has 0 radical (unpaired) electrons. The third-order valence-corrected chi connectivity index (χ3v) is 4.36. The lowest BCUT2D eigenvalue weighted by Crippen LogP contribution is -2.28. The number of nitriles is 1. The van der Waals surface area contributed by atoms with Crippen molar-refractivity contribution in [2.45, 2.75) is 6.42 Å². The van der Waals surface area contributed by atoms with Gasteiger partial charge in [0.1, 0.15) is 0 Å². The maximum atomic E-state index is 12.5. The molecule has 0 aliphatic carbocycles. The van der Waals surface area contributed by atoms with Crippen LogP contribution in [-0.2, 0) is 14.3 Å². The van der Waals surface area contributed by atoms with Crippen LogP contribution in [0.1, 0.15) is 22.3 Å².